The van der Waals surface area contributed by atoms with Crippen molar-refractivity contribution in [3.8, 4) is 0 Å². The second kappa shape index (κ2) is 9.66. The summed E-state index contributed by atoms with van der Waals surface area (Å²) in [7, 11) is -3.55. The third-order valence-electron chi connectivity index (χ3n) is 2.27. The Bertz CT molecular complexity index is 395. The summed E-state index contributed by atoms with van der Waals surface area (Å²) in [6.07, 6.45) is 4.06. The average Bonchev–Trinajstić information content (AvgIpc) is 2.30. The monoisotopic (exact) mass is 282 g/mol. The molecule has 3 nitrogen and oxygen atoms in total. The van der Waals surface area contributed by atoms with Gasteiger partial charge in [0.2, 0.25) is 0 Å². The minimum atomic E-state index is -3.55. The van der Waals surface area contributed by atoms with Crippen LogP contribution in [-0.2, 0) is 14.3 Å². The van der Waals surface area contributed by atoms with Crippen LogP contribution in [-0.4, -0.2) is 15.0 Å². The maximum atomic E-state index is 11.6. The molecule has 0 N–H and O–H groups in total. The molecule has 0 radical (unpaired) electrons. The van der Waals surface area contributed by atoms with E-state index in [0.717, 1.165) is 25.7 Å². The molecule has 5 heteroatoms. The molecule has 92 valence electrons. The summed E-state index contributed by atoms with van der Waals surface area (Å²) in [5, 5.41) is 0. The predicted octanol–water partition coefficient (Wildman–Crippen LogP) is 0.0887. The molecule has 0 aromatic heterocycles. The number of hydrogen-bond acceptors (Lipinski definition) is 3. The first kappa shape index (κ1) is 17.8. The summed E-state index contributed by atoms with van der Waals surface area (Å²) in [6, 6.07) is 8.24. The Balaban J connectivity index is 0. The molecule has 0 bridgehead atoms. The van der Waals surface area contributed by atoms with Gasteiger partial charge < -0.3 is 1.43 Å². The third-order valence-corrected chi connectivity index (χ3v) is 3.59. The van der Waals surface area contributed by atoms with Crippen LogP contribution < -0.4 is 51.4 Å². The molecule has 0 aliphatic heterocycles. The van der Waals surface area contributed by atoms with E-state index in [4.69, 9.17) is 4.18 Å². The molecule has 1 aromatic carbocycles. The number of unbranched alkanes of at least 4 members (excludes halogenated alkanes) is 3. The van der Waals surface area contributed by atoms with Gasteiger partial charge >= 0.3 is 51.4 Å². The summed E-state index contributed by atoms with van der Waals surface area (Å²) in [5.74, 6) is 0. The Hall–Kier alpha value is 0.766. The smallest absolute Gasteiger partial charge is 1.00 e. The molecule has 0 spiro atoms. The number of rotatable bonds is 7. The molecule has 0 aliphatic carbocycles. The zero-order valence-corrected chi connectivity index (χ0v) is 14.5. The predicted molar refractivity (Wildman–Crippen MR) is 64.8 cm³/mol. The van der Waals surface area contributed by atoms with E-state index in [0.29, 0.717) is 0 Å². The van der Waals surface area contributed by atoms with Gasteiger partial charge in [-0.3, -0.25) is 4.18 Å². The molecule has 1 aromatic rings. The van der Waals surface area contributed by atoms with Crippen LogP contribution >= 0.6 is 0 Å². The molecule has 0 saturated carbocycles. The molecule has 0 atom stereocenters. The maximum Gasteiger partial charge on any atom is 1.00 e. The van der Waals surface area contributed by atoms with Gasteiger partial charge in [-0.05, 0) is 18.6 Å². The van der Waals surface area contributed by atoms with E-state index >= 15 is 0 Å². The second-order valence-electron chi connectivity index (χ2n) is 3.65. The summed E-state index contributed by atoms with van der Waals surface area (Å²) in [4.78, 5) is 0.227. The van der Waals surface area contributed by atoms with E-state index in [1.54, 1.807) is 30.3 Å². The first-order chi connectivity index (χ1) is 7.67. The van der Waals surface area contributed by atoms with Gasteiger partial charge in [-0.15, -0.1) is 0 Å². The molecular weight excluding hydrogens is 263 g/mol. The Morgan fingerprint density at radius 2 is 1.76 bits per heavy atom. The summed E-state index contributed by atoms with van der Waals surface area (Å²) < 4.78 is 28.2. The maximum absolute atomic E-state index is 11.6. The van der Waals surface area contributed by atoms with Crippen LogP contribution in [0.25, 0.3) is 0 Å². The van der Waals surface area contributed by atoms with Crippen molar-refractivity contribution in [3.63, 3.8) is 0 Å². The molecule has 1 rings (SSSR count). The minimum Gasteiger partial charge on any atom is -1.00 e. The number of benzene rings is 1. The van der Waals surface area contributed by atoms with Crippen molar-refractivity contribution in [2.45, 2.75) is 37.5 Å². The van der Waals surface area contributed by atoms with Crippen LogP contribution in [0.4, 0.5) is 0 Å². The van der Waals surface area contributed by atoms with Crippen LogP contribution in [0.1, 0.15) is 34.0 Å². The van der Waals surface area contributed by atoms with Crippen molar-refractivity contribution in [1.29, 1.82) is 0 Å². The van der Waals surface area contributed by atoms with Crippen LogP contribution in [0.15, 0.2) is 35.2 Å². The van der Waals surface area contributed by atoms with E-state index < -0.39 is 10.1 Å². The van der Waals surface area contributed by atoms with Crippen LogP contribution in [0.2, 0.25) is 0 Å². The fourth-order valence-corrected chi connectivity index (χ4v) is 2.32. The van der Waals surface area contributed by atoms with Gasteiger partial charge in [0.15, 0.2) is 0 Å². The van der Waals surface area contributed by atoms with E-state index in [9.17, 15) is 8.42 Å². The third kappa shape index (κ3) is 7.05. The van der Waals surface area contributed by atoms with Crippen LogP contribution in [0.5, 0.6) is 0 Å². The van der Waals surface area contributed by atoms with Crippen molar-refractivity contribution < 1.29 is 65.4 Å². The summed E-state index contributed by atoms with van der Waals surface area (Å²) >= 11 is 0. The standard InChI is InChI=1S/C12H18O3S.K.H/c1-2-3-4-8-11-15-16(13,14)12-9-6-5-7-10-12;;/h5-7,9-10H,2-4,8,11H2,1H3;;/q;+1;-1. The Morgan fingerprint density at radius 3 is 2.35 bits per heavy atom. The largest absolute Gasteiger partial charge is 1.00 e. The average molecular weight is 282 g/mol. The molecule has 0 heterocycles. The molecule has 0 aliphatic rings. The first-order valence-electron chi connectivity index (χ1n) is 5.61. The topological polar surface area (TPSA) is 43.4 Å². The minimum absolute atomic E-state index is 0. The van der Waals surface area contributed by atoms with Gasteiger partial charge in [0.25, 0.3) is 10.1 Å². The van der Waals surface area contributed by atoms with Gasteiger partial charge in [-0.1, -0.05) is 44.4 Å². The zero-order valence-electron chi connectivity index (χ0n) is 11.6. The molecule has 0 unspecified atom stereocenters. The fraction of sp³-hybridized carbons (Fsp3) is 0.500. The first-order valence-corrected chi connectivity index (χ1v) is 7.02. The Labute approximate surface area is 148 Å². The molecular formula is C12H19KO3S. The SMILES string of the molecule is CCCCCCOS(=O)(=O)c1ccccc1.[H-].[K+]. The Morgan fingerprint density at radius 1 is 1.12 bits per heavy atom. The summed E-state index contributed by atoms with van der Waals surface area (Å²) in [6.45, 7) is 2.39. The normalized spacial score (nSPS) is 10.9. The number of hydrogen-bond donors (Lipinski definition) is 0. The second-order valence-corrected chi connectivity index (χ2v) is 5.27. The van der Waals surface area contributed by atoms with Gasteiger partial charge in [-0.2, -0.15) is 8.42 Å². The van der Waals surface area contributed by atoms with Crippen LogP contribution in [0, 0.1) is 0 Å². The van der Waals surface area contributed by atoms with Crippen molar-refractivity contribution in [2.24, 2.45) is 0 Å². The quantitative estimate of drug-likeness (QED) is 0.404. The van der Waals surface area contributed by atoms with Gasteiger partial charge in [0.1, 0.15) is 0 Å². The molecule has 0 saturated heterocycles. The molecule has 0 amide bonds. The van der Waals surface area contributed by atoms with Gasteiger partial charge in [0, 0.05) is 0 Å². The van der Waals surface area contributed by atoms with E-state index in [-0.39, 0.29) is 64.3 Å². The Kier molecular flexibility index (Phi) is 10.1. The van der Waals surface area contributed by atoms with Gasteiger partial charge in [-0.25, -0.2) is 0 Å². The fourth-order valence-electron chi connectivity index (χ4n) is 1.35. The van der Waals surface area contributed by atoms with E-state index in [1.165, 1.54) is 0 Å². The molecule has 17 heavy (non-hydrogen) atoms. The van der Waals surface area contributed by atoms with Gasteiger partial charge in [0.05, 0.1) is 11.5 Å². The van der Waals surface area contributed by atoms with Crippen molar-refractivity contribution in [3.05, 3.63) is 30.3 Å². The van der Waals surface area contributed by atoms with Crippen LogP contribution in [0.3, 0.4) is 0 Å². The molecule has 0 fully saturated rings. The van der Waals surface area contributed by atoms with Crippen molar-refractivity contribution >= 4 is 10.1 Å². The summed E-state index contributed by atoms with van der Waals surface area (Å²) in [5.41, 5.74) is 0. The van der Waals surface area contributed by atoms with E-state index in [2.05, 4.69) is 6.92 Å². The zero-order chi connectivity index (χ0) is 11.9. The van der Waals surface area contributed by atoms with Crippen molar-refractivity contribution in [1.82, 2.24) is 0 Å². The van der Waals surface area contributed by atoms with E-state index in [1.807, 2.05) is 0 Å². The van der Waals surface area contributed by atoms with Crippen molar-refractivity contribution in [2.75, 3.05) is 6.61 Å².